The van der Waals surface area contributed by atoms with E-state index in [4.69, 9.17) is 19.3 Å². The third kappa shape index (κ3) is 24.9. The van der Waals surface area contributed by atoms with Gasteiger partial charge in [-0.25, -0.2) is 27.9 Å². The number of alkyl halides is 3. The Morgan fingerprint density at radius 3 is 1.36 bits per heavy atom. The van der Waals surface area contributed by atoms with Crippen LogP contribution >= 0.6 is 0 Å². The van der Waals surface area contributed by atoms with Crippen LogP contribution in [0.4, 0.5) is 53.0 Å². The molecule has 0 saturated carbocycles. The minimum Gasteiger partial charge on any atom is -0.465 e. The number of nitrogens with one attached hydrogen (secondary N) is 5. The molecule has 7 N–H and O–H groups in total. The predicted molar refractivity (Wildman–Crippen MR) is 407 cm³/mol. The highest BCUT2D eigenvalue weighted by molar-refractivity contribution is 7.91. The van der Waals surface area contributed by atoms with Crippen molar-refractivity contribution in [3.05, 3.63) is 101 Å². The first-order valence-corrected chi connectivity index (χ1v) is 39.6. The van der Waals surface area contributed by atoms with E-state index in [1.165, 1.54) is 101 Å². The summed E-state index contributed by atoms with van der Waals surface area (Å²) in [7, 11) is -3.15. The zero-order valence-electron chi connectivity index (χ0n) is 62.9. The summed E-state index contributed by atoms with van der Waals surface area (Å²) in [5.41, 5.74) is 2.12. The normalized spacial score (nSPS) is 15.5. The van der Waals surface area contributed by atoms with Crippen LogP contribution in [0, 0.1) is 0 Å². The van der Waals surface area contributed by atoms with Crippen LogP contribution in [0.25, 0.3) is 0 Å². The molecule has 3 atom stereocenters. The highest BCUT2D eigenvalue weighted by atomic mass is 32.2. The van der Waals surface area contributed by atoms with E-state index in [9.17, 15) is 75.6 Å². The molecule has 0 aliphatic carbocycles. The Labute approximate surface area is 633 Å². The summed E-state index contributed by atoms with van der Waals surface area (Å²) in [6.45, 7) is 10.4. The molecule has 3 amide bonds. The molecule has 0 saturated heterocycles. The summed E-state index contributed by atoms with van der Waals surface area (Å²) in [6, 6.07) is 17.2. The molecule has 8 rings (SSSR count). The predicted octanol–water partition coefficient (Wildman–Crippen LogP) is 8.32. The number of nitrogens with zero attached hydrogens (tertiary/aromatic N) is 8. The number of hydrogen-bond acceptors (Lipinski definition) is 23. The summed E-state index contributed by atoms with van der Waals surface area (Å²) in [5, 5.41) is 19.7. The number of esters is 3. The fourth-order valence-electron chi connectivity index (χ4n) is 10.1. The first-order chi connectivity index (χ1) is 51.0. The molecule has 3 aliphatic heterocycles. The fourth-order valence-corrected chi connectivity index (χ4v) is 14.2. The van der Waals surface area contributed by atoms with E-state index in [0.717, 1.165) is 50.9 Å². The maximum atomic E-state index is 12.9. The molecule has 0 aromatic heterocycles. The van der Waals surface area contributed by atoms with Crippen LogP contribution in [0.2, 0.25) is 0 Å². The van der Waals surface area contributed by atoms with Gasteiger partial charge in [-0.15, -0.1) is 13.2 Å². The fraction of sp³-hybridized carbons (Fsp3) is 0.435. The van der Waals surface area contributed by atoms with Gasteiger partial charge >= 0.3 is 24.1 Å². The van der Waals surface area contributed by atoms with Gasteiger partial charge in [-0.05, 0) is 106 Å². The lowest BCUT2D eigenvalue weighted by Crippen LogP contribution is -2.46. The second kappa shape index (κ2) is 39.3. The molecule has 3 aliphatic rings. The van der Waals surface area contributed by atoms with Crippen LogP contribution in [0.5, 0.6) is 11.5 Å². The average Bonchev–Trinajstić information content (AvgIpc) is 1.00. The van der Waals surface area contributed by atoms with E-state index in [-0.39, 0.29) is 88.1 Å². The number of benzene rings is 5. The summed E-state index contributed by atoms with van der Waals surface area (Å²) >= 11 is 0. The maximum Gasteiger partial charge on any atom is 0.411 e. The molecule has 109 heavy (non-hydrogen) atoms. The Hall–Kier alpha value is -10.2. The van der Waals surface area contributed by atoms with Crippen LogP contribution in [0.3, 0.4) is 0 Å². The number of amides is 3. The first-order valence-electron chi connectivity index (χ1n) is 33.7. The largest absolute Gasteiger partial charge is 0.465 e. The first kappa shape index (κ1) is 89.5. The van der Waals surface area contributed by atoms with E-state index >= 15 is 0 Å². The van der Waals surface area contributed by atoms with Crippen molar-refractivity contribution in [3.63, 3.8) is 0 Å². The summed E-state index contributed by atoms with van der Waals surface area (Å²) < 4.78 is 173. The Bertz CT molecular complexity index is 4540. The Morgan fingerprint density at radius 2 is 0.972 bits per heavy atom. The molecule has 0 radical (unpaired) electrons. The molecule has 33 nitrogen and oxygen atoms in total. The minimum atomic E-state index is -4.48. The highest BCUT2D eigenvalue weighted by Gasteiger charge is 2.38. The lowest BCUT2D eigenvalue weighted by Gasteiger charge is -2.35. The molecule has 598 valence electrons. The molecule has 5 aromatic rings. The molecule has 0 fully saturated rings. The zero-order valence-corrected chi connectivity index (χ0v) is 66.2. The molecule has 0 spiro atoms. The molecular formula is C69H93F3N14O19S4. The number of anilines is 7. The maximum absolute atomic E-state index is 12.9. The van der Waals surface area contributed by atoms with Gasteiger partial charge in [-0.2, -0.15) is 38.4 Å². The number of para-hydroxylation sites is 1. The third-order valence-corrected chi connectivity index (χ3v) is 20.1. The van der Waals surface area contributed by atoms with Crippen LogP contribution in [0.15, 0.2) is 112 Å². The number of rotatable bonds is 28. The second-order valence-electron chi connectivity index (χ2n) is 25.2. The van der Waals surface area contributed by atoms with Crippen molar-refractivity contribution in [2.75, 3.05) is 126 Å². The Kier molecular flexibility index (Phi) is 32.2. The molecule has 3 heterocycles. The van der Waals surface area contributed by atoms with Crippen molar-refractivity contribution in [1.82, 2.24) is 14.7 Å². The number of carbonyl (C=O) groups is 6. The van der Waals surface area contributed by atoms with E-state index in [1.807, 2.05) is 20.8 Å². The third-order valence-electron chi connectivity index (χ3n) is 15.4. The molecular weight excluding hydrogens is 1510 g/mol. The standard InChI is InChI=1S/C19H23F3N2O4S.2C18H26N4O5S.C14H18N4O5S/c1-2-3-9-24-16-10-14(12-27-13-19(20,21)22)11-17(29(23,25)26)18(16)28-15-7-5-4-6-8-15;2*1-6-7-8-22-14-9-13(18(24)27-5)10-15(16(14)20-12(2)17(22)23)28(25,26)19-11-21(3)4;1-8-13(19)17-10-5-9(14(20)23-4)6-11(12(10)16-8)24(21,22)15-7-18(2)3/h4-8,10-11,24H,2-3,9,12-13H2,1H3,(H2,23,25,26);2*9-12,20H,6-8H2,1-5H3;5-8,16H,1-4H3,(H,17,19)/t;2*12-;8-/m.101/s1. The van der Waals surface area contributed by atoms with Crippen molar-refractivity contribution in [3.8, 4) is 11.5 Å². The lowest BCUT2D eigenvalue weighted by molar-refractivity contribution is -0.176. The Balaban J connectivity index is 0.000000261. The van der Waals surface area contributed by atoms with Gasteiger partial charge in [-0.1, -0.05) is 58.2 Å². The van der Waals surface area contributed by atoms with Gasteiger partial charge in [0.2, 0.25) is 27.7 Å². The Morgan fingerprint density at radius 1 is 0.569 bits per heavy atom. The van der Waals surface area contributed by atoms with Crippen molar-refractivity contribution >= 4 is 135 Å². The van der Waals surface area contributed by atoms with Crippen LogP contribution in [0.1, 0.15) is 117 Å². The monoisotopic (exact) mass is 1610 g/mol. The van der Waals surface area contributed by atoms with Crippen molar-refractivity contribution in [2.24, 2.45) is 18.3 Å². The van der Waals surface area contributed by atoms with Crippen LogP contribution in [-0.2, 0) is 80.0 Å². The number of methoxy groups -OCH3 is 3. The van der Waals surface area contributed by atoms with E-state index in [1.54, 1.807) is 93.4 Å². The summed E-state index contributed by atoms with van der Waals surface area (Å²) in [4.78, 5) is 79.8. The SMILES string of the molecule is CCCCN1C(=O)[C@@H](C)Nc2c1cc(C(=O)OC)cc2S(=O)(=O)N=CN(C)C.CCCCN1C(=O)[C@H](C)Nc2c1cc(C(=O)OC)cc2S(=O)(=O)N=CN(C)C.CCCCNc1cc(COCC(F)(F)F)cc(S(N)(=O)=O)c1Oc1ccccc1.COC(=O)c1cc2c(c(S(=O)(=O)N=CN(C)C)c1)N[C@H](C)C(=O)N2. The topological polar surface area (TPSA) is 425 Å². The minimum absolute atomic E-state index is 0.00784. The van der Waals surface area contributed by atoms with Gasteiger partial charge in [0.15, 0.2) is 5.75 Å². The number of carbonyl (C=O) groups excluding carboxylic acids is 6. The lowest BCUT2D eigenvalue weighted by atomic mass is 10.1. The number of fused-ring (bicyclic) bond motifs is 3. The van der Waals surface area contributed by atoms with E-state index < -0.39 is 95.5 Å². The summed E-state index contributed by atoms with van der Waals surface area (Å²) in [6.07, 6.45) is 3.85. The van der Waals surface area contributed by atoms with Gasteiger partial charge in [0.25, 0.3) is 30.1 Å². The number of unbranched alkanes of at least 4 members (excludes halogenated alkanes) is 3. The number of sulfonamides is 4. The zero-order chi connectivity index (χ0) is 81.7. The molecule has 5 aromatic carbocycles. The van der Waals surface area contributed by atoms with Crippen LogP contribution < -0.4 is 46.3 Å². The molecule has 0 bridgehead atoms. The smallest absolute Gasteiger partial charge is 0.411 e. The van der Waals surface area contributed by atoms with Crippen LogP contribution in [-0.4, -0.2) is 217 Å². The van der Waals surface area contributed by atoms with E-state index in [2.05, 4.69) is 49.3 Å². The number of hydrogen-bond donors (Lipinski definition) is 6. The van der Waals surface area contributed by atoms with Gasteiger partial charge < -0.3 is 74.8 Å². The number of halogens is 3. The van der Waals surface area contributed by atoms with Crippen molar-refractivity contribution < 1.29 is 99.3 Å². The highest BCUT2D eigenvalue weighted by Crippen LogP contribution is 2.43. The second-order valence-corrected chi connectivity index (χ2v) is 31.5. The van der Waals surface area contributed by atoms with Gasteiger partial charge in [0.05, 0.1) is 84.4 Å². The number of nitrogens with two attached hydrogens (primary N) is 1. The molecule has 0 unspecified atom stereocenters. The van der Waals surface area contributed by atoms with Gasteiger partial charge in [0, 0.05) is 61.9 Å². The number of primary sulfonamides is 1. The van der Waals surface area contributed by atoms with E-state index in [0.29, 0.717) is 42.4 Å². The average molecular weight is 1610 g/mol. The number of ether oxygens (including phenoxy) is 5. The summed E-state index contributed by atoms with van der Waals surface area (Å²) in [5.74, 6) is -2.48. The quantitative estimate of drug-likeness (QED) is 0.00900. The van der Waals surface area contributed by atoms with Gasteiger partial charge in [0.1, 0.15) is 69.1 Å². The van der Waals surface area contributed by atoms with Crippen molar-refractivity contribution in [2.45, 2.75) is 131 Å². The van der Waals surface area contributed by atoms with Crippen molar-refractivity contribution in [1.29, 1.82) is 0 Å². The molecule has 40 heteroatoms. The van der Waals surface area contributed by atoms with Gasteiger partial charge in [-0.3, -0.25) is 14.4 Å².